The molecule has 1 fully saturated rings. The molecule has 1 heterocycles. The molecule has 1 saturated heterocycles. The minimum atomic E-state index is 0.0322. The summed E-state index contributed by atoms with van der Waals surface area (Å²) in [6, 6.07) is 12.6. The van der Waals surface area contributed by atoms with Gasteiger partial charge in [0.1, 0.15) is 5.75 Å². The van der Waals surface area contributed by atoms with Gasteiger partial charge in [0.2, 0.25) is 0 Å². The monoisotopic (exact) mass is 257 g/mol. The summed E-state index contributed by atoms with van der Waals surface area (Å²) in [6.45, 7) is 0.720. The van der Waals surface area contributed by atoms with Gasteiger partial charge in [0, 0.05) is 18.2 Å². The minimum Gasteiger partial charge on any atom is -0.496 e. The van der Waals surface area contributed by atoms with Gasteiger partial charge in [0.05, 0.1) is 13.2 Å². The zero-order valence-electron chi connectivity index (χ0n) is 11.1. The predicted molar refractivity (Wildman–Crippen MR) is 76.4 cm³/mol. The molecule has 2 N–H and O–H groups in total. The van der Waals surface area contributed by atoms with E-state index in [4.69, 9.17) is 15.2 Å². The Balaban J connectivity index is 2.13. The van der Waals surface area contributed by atoms with Crippen LogP contribution in [0.5, 0.6) is 5.75 Å². The van der Waals surface area contributed by atoms with Crippen LogP contribution in [0.15, 0.2) is 36.4 Å². The Labute approximate surface area is 113 Å². The Morgan fingerprint density at radius 1 is 1.21 bits per heavy atom. The third-order valence-corrected chi connectivity index (χ3v) is 3.80. The fourth-order valence-electron chi connectivity index (χ4n) is 2.81. The minimum absolute atomic E-state index is 0.0322. The molecule has 2 aromatic carbocycles. The van der Waals surface area contributed by atoms with E-state index in [1.165, 1.54) is 10.8 Å². The zero-order chi connectivity index (χ0) is 13.2. The summed E-state index contributed by atoms with van der Waals surface area (Å²) in [5.41, 5.74) is 7.21. The van der Waals surface area contributed by atoms with Crippen LogP contribution in [-0.2, 0) is 4.74 Å². The number of methoxy groups -OCH3 is 1. The lowest BCUT2D eigenvalue weighted by molar-refractivity contribution is 0.00632. The van der Waals surface area contributed by atoms with E-state index < -0.39 is 0 Å². The maximum Gasteiger partial charge on any atom is 0.125 e. The number of nitrogens with two attached hydrogens (primary N) is 1. The molecule has 0 radical (unpaired) electrons. The molecule has 3 rings (SSSR count). The molecule has 2 unspecified atom stereocenters. The van der Waals surface area contributed by atoms with E-state index in [0.717, 1.165) is 30.8 Å². The van der Waals surface area contributed by atoms with Gasteiger partial charge in [-0.3, -0.25) is 0 Å². The summed E-state index contributed by atoms with van der Waals surface area (Å²) < 4.78 is 11.4. The molecular weight excluding hydrogens is 238 g/mol. The van der Waals surface area contributed by atoms with E-state index in [9.17, 15) is 0 Å². The van der Waals surface area contributed by atoms with Crippen LogP contribution in [0, 0.1) is 0 Å². The van der Waals surface area contributed by atoms with Gasteiger partial charge >= 0.3 is 0 Å². The molecule has 0 aliphatic carbocycles. The van der Waals surface area contributed by atoms with E-state index in [0.29, 0.717) is 0 Å². The molecule has 2 atom stereocenters. The highest BCUT2D eigenvalue weighted by atomic mass is 16.5. The zero-order valence-corrected chi connectivity index (χ0v) is 11.1. The quantitative estimate of drug-likeness (QED) is 0.899. The molecule has 3 nitrogen and oxygen atoms in total. The van der Waals surface area contributed by atoms with Crippen molar-refractivity contribution in [3.8, 4) is 5.75 Å². The highest BCUT2D eigenvalue weighted by Crippen LogP contribution is 2.38. The number of fused-ring (bicyclic) bond motifs is 1. The molecule has 100 valence electrons. The van der Waals surface area contributed by atoms with E-state index in [2.05, 4.69) is 18.2 Å². The van der Waals surface area contributed by atoms with E-state index in [1.807, 2.05) is 18.2 Å². The maximum absolute atomic E-state index is 6.08. The Morgan fingerprint density at radius 2 is 2.05 bits per heavy atom. The van der Waals surface area contributed by atoms with Crippen molar-refractivity contribution in [2.24, 2.45) is 5.73 Å². The topological polar surface area (TPSA) is 44.5 Å². The van der Waals surface area contributed by atoms with Gasteiger partial charge in [-0.2, -0.15) is 0 Å². The highest BCUT2D eigenvalue weighted by molar-refractivity contribution is 5.88. The lowest BCUT2D eigenvalue weighted by atomic mass is 9.93. The second-order valence-corrected chi connectivity index (χ2v) is 5.05. The largest absolute Gasteiger partial charge is 0.496 e. The summed E-state index contributed by atoms with van der Waals surface area (Å²) in [5, 5.41) is 2.40. The molecule has 0 saturated carbocycles. The first-order chi connectivity index (χ1) is 9.29. The predicted octanol–water partition coefficient (Wildman–Crippen LogP) is 3.03. The van der Waals surface area contributed by atoms with Crippen molar-refractivity contribution in [2.45, 2.75) is 25.0 Å². The van der Waals surface area contributed by atoms with Gasteiger partial charge in [-0.25, -0.2) is 0 Å². The molecule has 1 aliphatic heterocycles. The van der Waals surface area contributed by atoms with Crippen molar-refractivity contribution >= 4 is 10.8 Å². The Bertz CT molecular complexity index is 582. The van der Waals surface area contributed by atoms with Gasteiger partial charge in [0.15, 0.2) is 0 Å². The standard InChI is InChI=1S/C16H19NO2/c1-18-14-7-6-11-4-2-3-5-13(11)16(14)15-10-12(17)8-9-19-15/h2-7,12,15H,8-10,17H2,1H3. The van der Waals surface area contributed by atoms with Crippen LogP contribution >= 0.6 is 0 Å². The van der Waals surface area contributed by atoms with Gasteiger partial charge in [-0.05, 0) is 29.7 Å². The van der Waals surface area contributed by atoms with Crippen molar-refractivity contribution < 1.29 is 9.47 Å². The van der Waals surface area contributed by atoms with E-state index in [1.54, 1.807) is 7.11 Å². The van der Waals surface area contributed by atoms with Crippen LogP contribution in [-0.4, -0.2) is 19.8 Å². The fourth-order valence-corrected chi connectivity index (χ4v) is 2.81. The summed E-state index contributed by atoms with van der Waals surface area (Å²) in [7, 11) is 1.70. The molecular formula is C16H19NO2. The molecule has 1 aliphatic rings. The van der Waals surface area contributed by atoms with Crippen LogP contribution < -0.4 is 10.5 Å². The Kier molecular flexibility index (Phi) is 3.40. The normalized spacial score (nSPS) is 23.5. The van der Waals surface area contributed by atoms with Crippen molar-refractivity contribution in [1.82, 2.24) is 0 Å². The summed E-state index contributed by atoms with van der Waals surface area (Å²) >= 11 is 0. The van der Waals surface area contributed by atoms with Crippen molar-refractivity contribution in [3.63, 3.8) is 0 Å². The lowest BCUT2D eigenvalue weighted by Gasteiger charge is -2.29. The average Bonchev–Trinajstić information content (AvgIpc) is 2.46. The Hall–Kier alpha value is -1.58. The maximum atomic E-state index is 6.08. The second-order valence-electron chi connectivity index (χ2n) is 5.05. The van der Waals surface area contributed by atoms with Crippen LogP contribution in [0.2, 0.25) is 0 Å². The first-order valence-electron chi connectivity index (χ1n) is 6.72. The summed E-state index contributed by atoms with van der Waals surface area (Å²) in [5.74, 6) is 0.887. The first-order valence-corrected chi connectivity index (χ1v) is 6.72. The Morgan fingerprint density at radius 3 is 2.84 bits per heavy atom. The van der Waals surface area contributed by atoms with Gasteiger partial charge in [0.25, 0.3) is 0 Å². The van der Waals surface area contributed by atoms with Gasteiger partial charge < -0.3 is 15.2 Å². The van der Waals surface area contributed by atoms with Crippen molar-refractivity contribution in [3.05, 3.63) is 42.0 Å². The van der Waals surface area contributed by atoms with Crippen LogP contribution in [0.1, 0.15) is 24.5 Å². The molecule has 0 aromatic heterocycles. The first kappa shape index (κ1) is 12.5. The van der Waals surface area contributed by atoms with Crippen LogP contribution in [0.25, 0.3) is 10.8 Å². The highest BCUT2D eigenvalue weighted by Gasteiger charge is 2.25. The smallest absolute Gasteiger partial charge is 0.125 e. The summed E-state index contributed by atoms with van der Waals surface area (Å²) in [4.78, 5) is 0. The van der Waals surface area contributed by atoms with Crippen molar-refractivity contribution in [1.29, 1.82) is 0 Å². The molecule has 19 heavy (non-hydrogen) atoms. The van der Waals surface area contributed by atoms with Gasteiger partial charge in [-0.15, -0.1) is 0 Å². The van der Waals surface area contributed by atoms with Crippen molar-refractivity contribution in [2.75, 3.05) is 13.7 Å². The second kappa shape index (κ2) is 5.19. The molecule has 2 aromatic rings. The third-order valence-electron chi connectivity index (χ3n) is 3.80. The number of hydrogen-bond donors (Lipinski definition) is 1. The molecule has 0 bridgehead atoms. The fraction of sp³-hybridized carbons (Fsp3) is 0.375. The van der Waals surface area contributed by atoms with Crippen LogP contribution in [0.4, 0.5) is 0 Å². The SMILES string of the molecule is COc1ccc2ccccc2c1C1CC(N)CCO1. The number of hydrogen-bond acceptors (Lipinski definition) is 3. The van der Waals surface area contributed by atoms with Gasteiger partial charge in [-0.1, -0.05) is 30.3 Å². The molecule has 0 spiro atoms. The lowest BCUT2D eigenvalue weighted by Crippen LogP contribution is -2.30. The number of benzene rings is 2. The van der Waals surface area contributed by atoms with Crippen LogP contribution in [0.3, 0.4) is 0 Å². The number of rotatable bonds is 2. The summed E-state index contributed by atoms with van der Waals surface area (Å²) in [6.07, 6.45) is 1.82. The molecule has 3 heteroatoms. The van der Waals surface area contributed by atoms with E-state index in [-0.39, 0.29) is 12.1 Å². The molecule has 0 amide bonds. The number of ether oxygens (including phenoxy) is 2. The van der Waals surface area contributed by atoms with E-state index >= 15 is 0 Å². The third kappa shape index (κ3) is 2.31. The average molecular weight is 257 g/mol.